The van der Waals surface area contributed by atoms with Crippen LogP contribution in [0, 0.1) is 5.92 Å². The van der Waals surface area contributed by atoms with Gasteiger partial charge in [0.1, 0.15) is 29.9 Å². The fourth-order valence-electron chi connectivity index (χ4n) is 5.10. The predicted molar refractivity (Wildman–Crippen MR) is 141 cm³/mol. The Kier molecular flexibility index (Phi) is 9.90. The van der Waals surface area contributed by atoms with Gasteiger partial charge in [0.15, 0.2) is 0 Å². The molecule has 2 heterocycles. The van der Waals surface area contributed by atoms with Crippen LogP contribution in [0.3, 0.4) is 0 Å². The number of carbonyl (C=O) groups excluding carboxylic acids is 4. The molecule has 0 bridgehead atoms. The predicted octanol–water partition coefficient (Wildman–Crippen LogP) is -0.0259. The number of likely N-dealkylation sites (tertiary alicyclic amines) is 2. The van der Waals surface area contributed by atoms with Crippen molar-refractivity contribution in [2.24, 2.45) is 11.7 Å². The summed E-state index contributed by atoms with van der Waals surface area (Å²) in [7, 11) is 0. The van der Waals surface area contributed by atoms with Crippen molar-refractivity contribution in [2.45, 2.75) is 83.1 Å². The van der Waals surface area contributed by atoms with E-state index in [0.717, 1.165) is 0 Å². The van der Waals surface area contributed by atoms with Crippen LogP contribution in [0.15, 0.2) is 24.3 Å². The number of phenolic OH excluding ortho intramolecular Hbond substituents is 1. The Morgan fingerprint density at radius 3 is 2.03 bits per heavy atom. The van der Waals surface area contributed by atoms with Gasteiger partial charge < -0.3 is 36.4 Å². The first-order chi connectivity index (χ1) is 18.4. The molecule has 12 nitrogen and oxygen atoms in total. The highest BCUT2D eigenvalue weighted by Crippen LogP contribution is 2.23. The number of nitrogens with zero attached hydrogens (tertiary/aromatic N) is 2. The second-order valence-corrected chi connectivity index (χ2v) is 10.7. The fourth-order valence-corrected chi connectivity index (χ4v) is 5.10. The summed E-state index contributed by atoms with van der Waals surface area (Å²) >= 11 is 0. The number of rotatable bonds is 10. The number of benzene rings is 1. The third kappa shape index (κ3) is 7.25. The van der Waals surface area contributed by atoms with E-state index in [2.05, 4.69) is 10.6 Å². The molecule has 2 fully saturated rings. The maximum absolute atomic E-state index is 13.5. The van der Waals surface area contributed by atoms with Crippen molar-refractivity contribution in [2.75, 3.05) is 13.1 Å². The highest BCUT2D eigenvalue weighted by atomic mass is 16.4. The van der Waals surface area contributed by atoms with Crippen LogP contribution in [0.25, 0.3) is 0 Å². The summed E-state index contributed by atoms with van der Waals surface area (Å²) < 4.78 is 0. The van der Waals surface area contributed by atoms with Gasteiger partial charge in [-0.2, -0.15) is 0 Å². The zero-order valence-corrected chi connectivity index (χ0v) is 22.6. The van der Waals surface area contributed by atoms with Gasteiger partial charge in [0.25, 0.3) is 0 Å². The van der Waals surface area contributed by atoms with Crippen molar-refractivity contribution in [1.29, 1.82) is 0 Å². The number of hydrogen-bond donors (Lipinski definition) is 5. The van der Waals surface area contributed by atoms with Crippen LogP contribution in [0.4, 0.5) is 0 Å². The Labute approximate surface area is 227 Å². The number of carboxylic acid groups (broad SMARTS) is 1. The van der Waals surface area contributed by atoms with Gasteiger partial charge in [-0.25, -0.2) is 4.79 Å². The Morgan fingerprint density at radius 1 is 0.923 bits per heavy atom. The number of hydrogen-bond acceptors (Lipinski definition) is 7. The van der Waals surface area contributed by atoms with E-state index in [1.165, 1.54) is 28.9 Å². The molecule has 12 heteroatoms. The highest BCUT2D eigenvalue weighted by Gasteiger charge is 2.42. The number of aromatic hydroxyl groups is 1. The van der Waals surface area contributed by atoms with Crippen molar-refractivity contribution in [3.8, 4) is 5.75 Å². The number of carboxylic acids is 1. The third-order valence-corrected chi connectivity index (χ3v) is 7.29. The largest absolute Gasteiger partial charge is 0.508 e. The van der Waals surface area contributed by atoms with E-state index in [4.69, 9.17) is 5.73 Å². The number of nitrogens with two attached hydrogens (primary N) is 1. The Morgan fingerprint density at radius 2 is 1.49 bits per heavy atom. The third-order valence-electron chi connectivity index (χ3n) is 7.29. The first-order valence-electron chi connectivity index (χ1n) is 13.4. The van der Waals surface area contributed by atoms with Gasteiger partial charge >= 0.3 is 5.97 Å². The number of amides is 4. The zero-order chi connectivity index (χ0) is 28.9. The van der Waals surface area contributed by atoms with Gasteiger partial charge in [-0.1, -0.05) is 26.0 Å². The molecule has 1 aromatic rings. The van der Waals surface area contributed by atoms with Gasteiger partial charge in [0.05, 0.1) is 6.04 Å². The Bertz CT molecular complexity index is 1070. The smallest absolute Gasteiger partial charge is 0.326 e. The van der Waals surface area contributed by atoms with E-state index in [0.29, 0.717) is 37.8 Å². The van der Waals surface area contributed by atoms with Gasteiger partial charge in [0, 0.05) is 19.5 Å². The van der Waals surface area contributed by atoms with E-state index in [-0.39, 0.29) is 24.6 Å². The average molecular weight is 546 g/mol. The molecule has 3 rings (SSSR count). The Balaban J connectivity index is 1.81. The Hall–Kier alpha value is -3.67. The minimum atomic E-state index is -1.10. The fraction of sp³-hybridized carbons (Fsp3) is 0.593. The van der Waals surface area contributed by atoms with E-state index >= 15 is 0 Å². The molecule has 2 aliphatic heterocycles. The summed E-state index contributed by atoms with van der Waals surface area (Å²) in [4.78, 5) is 67.2. The van der Waals surface area contributed by atoms with Crippen LogP contribution < -0.4 is 16.4 Å². The lowest BCUT2D eigenvalue weighted by atomic mass is 10.0. The first kappa shape index (κ1) is 29.9. The van der Waals surface area contributed by atoms with E-state index < -0.39 is 59.8 Å². The minimum absolute atomic E-state index is 0.0482. The van der Waals surface area contributed by atoms with Gasteiger partial charge in [-0.3, -0.25) is 19.2 Å². The molecule has 214 valence electrons. The van der Waals surface area contributed by atoms with Gasteiger partial charge in [0.2, 0.25) is 23.6 Å². The summed E-state index contributed by atoms with van der Waals surface area (Å²) in [6.45, 7) is 5.68. The molecular weight excluding hydrogens is 506 g/mol. The monoisotopic (exact) mass is 545 g/mol. The molecule has 0 saturated carbocycles. The van der Waals surface area contributed by atoms with Crippen LogP contribution in [-0.4, -0.2) is 92.9 Å². The molecule has 39 heavy (non-hydrogen) atoms. The number of nitrogens with one attached hydrogen (secondary N) is 2. The second kappa shape index (κ2) is 12.9. The molecule has 6 N–H and O–H groups in total. The zero-order valence-electron chi connectivity index (χ0n) is 22.6. The summed E-state index contributed by atoms with van der Waals surface area (Å²) in [6.07, 6.45) is 1.89. The van der Waals surface area contributed by atoms with Crippen molar-refractivity contribution in [1.82, 2.24) is 20.4 Å². The topological polar surface area (TPSA) is 182 Å². The van der Waals surface area contributed by atoms with Crippen LogP contribution in [0.2, 0.25) is 0 Å². The summed E-state index contributed by atoms with van der Waals surface area (Å²) in [5.74, 6) is -3.21. The van der Waals surface area contributed by atoms with Crippen LogP contribution in [0.5, 0.6) is 5.75 Å². The SMILES string of the molecule is CC(N)C(=O)NC(C(=O)N1CCCC1C(=O)NC(Cc1ccc(O)cc1)C(=O)N1CCCC1C(=O)O)C(C)C. The average Bonchev–Trinajstić information content (AvgIpc) is 3.57. The molecule has 5 unspecified atom stereocenters. The van der Waals surface area contributed by atoms with Crippen molar-refractivity contribution in [3.63, 3.8) is 0 Å². The van der Waals surface area contributed by atoms with Crippen LogP contribution >= 0.6 is 0 Å². The summed E-state index contributed by atoms with van der Waals surface area (Å²) in [5, 5.41) is 24.7. The van der Waals surface area contributed by atoms with E-state index in [1.807, 2.05) is 0 Å². The molecule has 0 radical (unpaired) electrons. The highest BCUT2D eigenvalue weighted by molar-refractivity contribution is 5.96. The minimum Gasteiger partial charge on any atom is -0.508 e. The summed E-state index contributed by atoms with van der Waals surface area (Å²) in [5.41, 5.74) is 6.32. The standard InChI is InChI=1S/C27H39N5O7/c1-15(2)22(30-23(34)16(3)28)26(37)31-12-4-6-20(31)24(35)29-19(14-17-8-10-18(33)11-9-17)25(36)32-13-5-7-21(32)27(38)39/h8-11,15-16,19-22,33H,4-7,12-14,28H2,1-3H3,(H,29,35)(H,30,34)(H,38,39). The molecular formula is C27H39N5O7. The molecule has 2 saturated heterocycles. The second-order valence-electron chi connectivity index (χ2n) is 10.7. The van der Waals surface area contributed by atoms with Gasteiger partial charge in [-0.15, -0.1) is 0 Å². The molecule has 0 aliphatic carbocycles. The summed E-state index contributed by atoms with van der Waals surface area (Å²) in [6, 6.07) is 1.62. The molecule has 2 aliphatic rings. The molecule has 1 aromatic carbocycles. The van der Waals surface area contributed by atoms with E-state index in [9.17, 15) is 34.2 Å². The molecule has 0 aromatic heterocycles. The lowest BCUT2D eigenvalue weighted by Crippen LogP contribution is -2.59. The van der Waals surface area contributed by atoms with Crippen LogP contribution in [0.1, 0.15) is 52.0 Å². The maximum atomic E-state index is 13.5. The van der Waals surface area contributed by atoms with E-state index in [1.54, 1.807) is 26.0 Å². The van der Waals surface area contributed by atoms with Crippen LogP contribution in [-0.2, 0) is 30.4 Å². The maximum Gasteiger partial charge on any atom is 0.326 e. The number of aliphatic carboxylic acids is 1. The van der Waals surface area contributed by atoms with Crippen molar-refractivity contribution in [3.05, 3.63) is 29.8 Å². The number of carbonyl (C=O) groups is 5. The molecule has 5 atom stereocenters. The first-order valence-corrected chi connectivity index (χ1v) is 13.4. The lowest BCUT2D eigenvalue weighted by molar-refractivity contribution is -0.149. The van der Waals surface area contributed by atoms with Crippen molar-refractivity contribution >= 4 is 29.6 Å². The molecule has 0 spiro atoms. The van der Waals surface area contributed by atoms with Crippen molar-refractivity contribution < 1.29 is 34.2 Å². The number of phenols is 1. The molecule has 4 amide bonds. The lowest BCUT2D eigenvalue weighted by Gasteiger charge is -2.32. The quantitative estimate of drug-likeness (QED) is 0.272. The van der Waals surface area contributed by atoms with Gasteiger partial charge in [-0.05, 0) is 56.2 Å². The normalized spacial score (nSPS) is 21.4.